The summed E-state index contributed by atoms with van der Waals surface area (Å²) in [6, 6.07) is 13.4. The first-order valence-corrected chi connectivity index (χ1v) is 11.4. The minimum Gasteiger partial charge on any atom is -0.358 e. The van der Waals surface area contributed by atoms with Crippen LogP contribution in [0.5, 0.6) is 0 Å². The van der Waals surface area contributed by atoms with Crippen molar-refractivity contribution in [2.24, 2.45) is 0 Å². The number of amidine groups is 1. The Hall–Kier alpha value is -3.18. The lowest BCUT2D eigenvalue weighted by Crippen LogP contribution is -2.25. The Morgan fingerprint density at radius 1 is 0.941 bits per heavy atom. The Morgan fingerprint density at radius 3 is 1.82 bits per heavy atom. The molecule has 0 fully saturated rings. The molecule has 2 aliphatic heterocycles. The number of benzene rings is 2. The van der Waals surface area contributed by atoms with Crippen molar-refractivity contribution in [1.29, 1.82) is 5.41 Å². The number of nitrogens with zero attached hydrogens (tertiary/aromatic N) is 2. The van der Waals surface area contributed by atoms with Gasteiger partial charge in [-0.25, -0.2) is 12.7 Å². The molecular weight excluding hydrogens is 476 g/mol. The summed E-state index contributed by atoms with van der Waals surface area (Å²) < 4.78 is 23.8. The number of fused-ring (bicyclic) bond motifs is 2. The molecule has 3 amide bonds. The fourth-order valence-corrected chi connectivity index (χ4v) is 4.27. The molecular formula is C23H32N4O5S2. The minimum absolute atomic E-state index is 0. The van der Waals surface area contributed by atoms with E-state index in [-0.39, 0.29) is 48.2 Å². The van der Waals surface area contributed by atoms with Gasteiger partial charge in [-0.05, 0) is 25.1 Å². The maximum atomic E-state index is 11.5. The summed E-state index contributed by atoms with van der Waals surface area (Å²) in [5, 5.41) is 9.83. The first-order chi connectivity index (χ1) is 14.9. The van der Waals surface area contributed by atoms with Crippen LogP contribution in [-0.4, -0.2) is 67.6 Å². The van der Waals surface area contributed by atoms with Crippen LogP contribution in [0.1, 0.15) is 48.1 Å². The highest BCUT2D eigenvalue weighted by molar-refractivity contribution is 7.90. The highest BCUT2D eigenvalue weighted by Gasteiger charge is 2.37. The van der Waals surface area contributed by atoms with Crippen molar-refractivity contribution in [2.75, 3.05) is 21.1 Å². The zero-order chi connectivity index (χ0) is 24.2. The molecule has 2 aromatic carbocycles. The van der Waals surface area contributed by atoms with E-state index < -0.39 is 15.9 Å². The third kappa shape index (κ3) is 6.03. The number of rotatable bonds is 1. The molecule has 186 valence electrons. The third-order valence-corrected chi connectivity index (χ3v) is 6.75. The number of carbonyl (C=O) groups is 3. The fourth-order valence-electron chi connectivity index (χ4n) is 2.84. The standard InChI is InChI=1S/C9H8N2O.C8H7NO3S.C4H9NOS.2CH4/c1-11-8(10)6-4-2-3-5-7(6)9(11)12;1-9-8(10)6-4-2-3-5-7(6)13(9,11)12;1-3(7)4(6)5-2;;/h2-5,10H,1H3;2-5H,1H3;3,7H,1-2H3,(H,5,6);2*1H4. The summed E-state index contributed by atoms with van der Waals surface area (Å²) in [4.78, 5) is 34.5. The second-order valence-electron chi connectivity index (χ2n) is 6.82. The molecule has 0 saturated carbocycles. The van der Waals surface area contributed by atoms with Crippen molar-refractivity contribution in [1.82, 2.24) is 14.5 Å². The van der Waals surface area contributed by atoms with E-state index in [4.69, 9.17) is 5.41 Å². The molecule has 0 aromatic heterocycles. The molecule has 4 rings (SSSR count). The van der Waals surface area contributed by atoms with Crippen molar-refractivity contribution in [3.05, 3.63) is 65.2 Å². The van der Waals surface area contributed by atoms with Gasteiger partial charge in [0.15, 0.2) is 0 Å². The van der Waals surface area contributed by atoms with E-state index in [2.05, 4.69) is 17.9 Å². The highest BCUT2D eigenvalue weighted by atomic mass is 32.2. The van der Waals surface area contributed by atoms with E-state index in [1.807, 2.05) is 12.1 Å². The van der Waals surface area contributed by atoms with Gasteiger partial charge in [-0.2, -0.15) is 12.6 Å². The van der Waals surface area contributed by atoms with Crippen LogP contribution in [0.15, 0.2) is 53.4 Å². The predicted octanol–water partition coefficient (Wildman–Crippen LogP) is 2.88. The van der Waals surface area contributed by atoms with Gasteiger partial charge in [0.1, 0.15) is 10.7 Å². The quantitative estimate of drug-likeness (QED) is 0.511. The first-order valence-electron chi connectivity index (χ1n) is 9.43. The van der Waals surface area contributed by atoms with E-state index in [9.17, 15) is 22.8 Å². The molecule has 2 N–H and O–H groups in total. The Labute approximate surface area is 207 Å². The topological polar surface area (TPSA) is 128 Å². The SMILES string of the molecule is C.C.CN1C(=N)c2ccccc2C1=O.CN1C(=O)c2ccccc2S1(=O)=O.CNC(=O)C(C)S. The molecule has 9 nitrogen and oxygen atoms in total. The van der Waals surface area contributed by atoms with Crippen LogP contribution < -0.4 is 5.32 Å². The lowest BCUT2D eigenvalue weighted by Gasteiger charge is -2.05. The Kier molecular flexibility index (Phi) is 11.2. The average molecular weight is 509 g/mol. The smallest absolute Gasteiger partial charge is 0.268 e. The Bertz CT molecular complexity index is 1140. The van der Waals surface area contributed by atoms with E-state index >= 15 is 0 Å². The van der Waals surface area contributed by atoms with Gasteiger partial charge in [0.25, 0.3) is 21.8 Å². The number of thiol groups is 1. The van der Waals surface area contributed by atoms with E-state index in [1.165, 1.54) is 24.1 Å². The van der Waals surface area contributed by atoms with Crippen molar-refractivity contribution >= 4 is 46.2 Å². The molecule has 0 spiro atoms. The number of nitrogens with one attached hydrogen (secondary N) is 2. The van der Waals surface area contributed by atoms with E-state index in [1.54, 1.807) is 45.3 Å². The summed E-state index contributed by atoms with van der Waals surface area (Å²) >= 11 is 3.86. The summed E-state index contributed by atoms with van der Waals surface area (Å²) in [5.41, 5.74) is 1.61. The maximum absolute atomic E-state index is 11.5. The molecule has 0 radical (unpaired) electrons. The van der Waals surface area contributed by atoms with E-state index in [0.717, 1.165) is 9.87 Å². The minimum atomic E-state index is -3.55. The molecule has 11 heteroatoms. The van der Waals surface area contributed by atoms with Crippen LogP contribution in [0.25, 0.3) is 0 Å². The van der Waals surface area contributed by atoms with Gasteiger partial charge in [-0.1, -0.05) is 45.2 Å². The first kappa shape index (κ1) is 30.8. The summed E-state index contributed by atoms with van der Waals surface area (Å²) in [6.45, 7) is 1.72. The van der Waals surface area contributed by atoms with Crippen molar-refractivity contribution in [3.8, 4) is 0 Å². The van der Waals surface area contributed by atoms with Crippen LogP contribution in [0, 0.1) is 5.41 Å². The molecule has 1 unspecified atom stereocenters. The molecule has 0 aliphatic carbocycles. The number of hydrogen-bond acceptors (Lipinski definition) is 7. The second kappa shape index (κ2) is 12.3. The molecule has 0 bridgehead atoms. The number of carbonyl (C=O) groups excluding carboxylic acids is 3. The lowest BCUT2D eigenvalue weighted by molar-refractivity contribution is -0.119. The van der Waals surface area contributed by atoms with Gasteiger partial charge in [-0.3, -0.25) is 24.7 Å². The van der Waals surface area contributed by atoms with Gasteiger partial charge in [-0.15, -0.1) is 0 Å². The van der Waals surface area contributed by atoms with Gasteiger partial charge in [0, 0.05) is 26.7 Å². The Balaban J connectivity index is 0.000000488. The maximum Gasteiger partial charge on any atom is 0.268 e. The number of amides is 3. The largest absolute Gasteiger partial charge is 0.358 e. The molecule has 2 heterocycles. The average Bonchev–Trinajstić information content (AvgIpc) is 3.12. The van der Waals surface area contributed by atoms with Gasteiger partial charge in [0.2, 0.25) is 5.91 Å². The fraction of sp³-hybridized carbons (Fsp3) is 0.304. The van der Waals surface area contributed by atoms with Crippen LogP contribution in [0.3, 0.4) is 0 Å². The van der Waals surface area contributed by atoms with Gasteiger partial charge < -0.3 is 5.32 Å². The zero-order valence-electron chi connectivity index (χ0n) is 18.0. The van der Waals surface area contributed by atoms with Crippen molar-refractivity contribution in [3.63, 3.8) is 0 Å². The van der Waals surface area contributed by atoms with Crippen LogP contribution in [-0.2, 0) is 14.8 Å². The normalized spacial score (nSPS) is 15.3. The number of sulfonamides is 1. The number of hydrogen-bond donors (Lipinski definition) is 3. The summed E-state index contributed by atoms with van der Waals surface area (Å²) in [6.07, 6.45) is 0. The summed E-state index contributed by atoms with van der Waals surface area (Å²) in [7, 11) is 0.920. The lowest BCUT2D eigenvalue weighted by atomic mass is 10.1. The summed E-state index contributed by atoms with van der Waals surface area (Å²) in [5.74, 6) is -0.301. The van der Waals surface area contributed by atoms with Crippen LogP contribution in [0.2, 0.25) is 0 Å². The molecule has 1 atom stereocenters. The van der Waals surface area contributed by atoms with Gasteiger partial charge >= 0.3 is 0 Å². The predicted molar refractivity (Wildman–Crippen MR) is 137 cm³/mol. The molecule has 2 aromatic rings. The zero-order valence-corrected chi connectivity index (χ0v) is 19.7. The van der Waals surface area contributed by atoms with Gasteiger partial charge in [0.05, 0.1) is 16.4 Å². The monoisotopic (exact) mass is 508 g/mol. The molecule has 34 heavy (non-hydrogen) atoms. The highest BCUT2D eigenvalue weighted by Crippen LogP contribution is 2.27. The third-order valence-electron chi connectivity index (χ3n) is 4.72. The Morgan fingerprint density at radius 2 is 1.41 bits per heavy atom. The second-order valence-corrected chi connectivity index (χ2v) is 9.53. The van der Waals surface area contributed by atoms with Crippen molar-refractivity contribution in [2.45, 2.75) is 31.9 Å². The van der Waals surface area contributed by atoms with Crippen molar-refractivity contribution < 1.29 is 22.8 Å². The molecule has 0 saturated heterocycles. The van der Waals surface area contributed by atoms with Crippen LogP contribution >= 0.6 is 12.6 Å². The van der Waals surface area contributed by atoms with E-state index in [0.29, 0.717) is 5.56 Å². The van der Waals surface area contributed by atoms with Crippen LogP contribution in [0.4, 0.5) is 0 Å². The molecule has 2 aliphatic rings.